The summed E-state index contributed by atoms with van der Waals surface area (Å²) in [7, 11) is 1.60. The molecule has 0 atom stereocenters. The number of amidine groups is 1. The number of thioether (sulfide) groups is 1. The highest BCUT2D eigenvalue weighted by Crippen LogP contribution is 2.23. The van der Waals surface area contributed by atoms with E-state index in [1.807, 2.05) is 24.3 Å². The van der Waals surface area contributed by atoms with Crippen LogP contribution in [-0.4, -0.2) is 36.2 Å². The van der Waals surface area contributed by atoms with Crippen LogP contribution in [0.1, 0.15) is 15.9 Å². The van der Waals surface area contributed by atoms with E-state index >= 15 is 0 Å². The first-order chi connectivity index (χ1) is 11.7. The van der Waals surface area contributed by atoms with Crippen LogP contribution in [0.3, 0.4) is 0 Å². The van der Waals surface area contributed by atoms with Gasteiger partial charge in [-0.1, -0.05) is 45.9 Å². The molecule has 2 aromatic rings. The van der Waals surface area contributed by atoms with Gasteiger partial charge in [0.05, 0.1) is 13.7 Å². The highest BCUT2D eigenvalue weighted by Gasteiger charge is 2.25. The molecule has 4 nitrogen and oxygen atoms in total. The van der Waals surface area contributed by atoms with E-state index < -0.39 is 0 Å². The number of hydrogen-bond acceptors (Lipinski definition) is 4. The molecule has 0 saturated heterocycles. The fourth-order valence-electron chi connectivity index (χ4n) is 2.38. The number of hydrogen-bond donors (Lipinski definition) is 0. The van der Waals surface area contributed by atoms with Crippen LogP contribution in [0, 0.1) is 0 Å². The summed E-state index contributed by atoms with van der Waals surface area (Å²) in [6.07, 6.45) is 0. The van der Waals surface area contributed by atoms with Crippen LogP contribution in [0.4, 0.5) is 0 Å². The lowest BCUT2D eigenvalue weighted by Crippen LogP contribution is -2.32. The Morgan fingerprint density at radius 1 is 1.29 bits per heavy atom. The van der Waals surface area contributed by atoms with Crippen LogP contribution < -0.4 is 4.74 Å². The zero-order chi connectivity index (χ0) is 16.9. The first-order valence-corrected chi connectivity index (χ1v) is 9.33. The number of carbonyl (C=O) groups excluding carboxylic acids is 1. The molecule has 0 unspecified atom stereocenters. The number of halogens is 1. The maximum atomic E-state index is 12.8. The third kappa shape index (κ3) is 3.99. The molecule has 0 bridgehead atoms. The van der Waals surface area contributed by atoms with Crippen molar-refractivity contribution in [3.05, 3.63) is 64.1 Å². The van der Waals surface area contributed by atoms with Gasteiger partial charge in [-0.25, -0.2) is 0 Å². The molecule has 0 N–H and O–H groups in total. The van der Waals surface area contributed by atoms with Crippen molar-refractivity contribution in [3.8, 4) is 5.75 Å². The Morgan fingerprint density at radius 2 is 2.08 bits per heavy atom. The molecule has 1 heterocycles. The minimum absolute atomic E-state index is 0.0338. The molecular weight excluding hydrogens is 388 g/mol. The van der Waals surface area contributed by atoms with Gasteiger partial charge in [0, 0.05) is 22.3 Å². The van der Waals surface area contributed by atoms with Crippen LogP contribution in [-0.2, 0) is 5.75 Å². The molecule has 3 rings (SSSR count). The van der Waals surface area contributed by atoms with Crippen molar-refractivity contribution >= 4 is 38.8 Å². The van der Waals surface area contributed by atoms with Crippen molar-refractivity contribution in [2.75, 3.05) is 20.2 Å². The minimum atomic E-state index is -0.0338. The van der Waals surface area contributed by atoms with Crippen molar-refractivity contribution in [2.45, 2.75) is 5.75 Å². The van der Waals surface area contributed by atoms with E-state index in [0.717, 1.165) is 15.4 Å². The van der Waals surface area contributed by atoms with Gasteiger partial charge < -0.3 is 4.74 Å². The molecule has 6 heteroatoms. The van der Waals surface area contributed by atoms with Crippen molar-refractivity contribution in [3.63, 3.8) is 0 Å². The zero-order valence-corrected chi connectivity index (χ0v) is 15.6. The third-order valence-electron chi connectivity index (χ3n) is 3.64. The number of nitrogens with zero attached hydrogens (tertiary/aromatic N) is 2. The molecule has 0 aromatic heterocycles. The summed E-state index contributed by atoms with van der Waals surface area (Å²) in [6, 6.07) is 15.4. The third-order valence-corrected chi connectivity index (χ3v) is 5.26. The molecule has 124 valence electrons. The minimum Gasteiger partial charge on any atom is -0.497 e. The van der Waals surface area contributed by atoms with Crippen molar-refractivity contribution in [2.24, 2.45) is 4.99 Å². The van der Waals surface area contributed by atoms with Gasteiger partial charge in [-0.3, -0.25) is 14.7 Å². The Bertz CT molecular complexity index is 762. The average Bonchev–Trinajstić information content (AvgIpc) is 3.09. The quantitative estimate of drug-likeness (QED) is 0.766. The molecule has 1 amide bonds. The van der Waals surface area contributed by atoms with Crippen LogP contribution in [0.25, 0.3) is 0 Å². The van der Waals surface area contributed by atoms with E-state index in [2.05, 4.69) is 33.1 Å². The van der Waals surface area contributed by atoms with Crippen molar-refractivity contribution in [1.29, 1.82) is 0 Å². The normalized spacial score (nSPS) is 13.8. The highest BCUT2D eigenvalue weighted by atomic mass is 79.9. The lowest BCUT2D eigenvalue weighted by Gasteiger charge is -2.18. The van der Waals surface area contributed by atoms with E-state index in [0.29, 0.717) is 24.4 Å². The monoisotopic (exact) mass is 404 g/mol. The second-order valence-electron chi connectivity index (χ2n) is 5.27. The number of ether oxygens (including phenoxy) is 1. The standard InChI is InChI=1S/C18H17BrN2O2S/c1-23-16-4-2-3-14(11-16)17(22)21-10-9-20-18(21)24-12-13-5-7-15(19)8-6-13/h2-8,11H,9-10,12H2,1H3. The summed E-state index contributed by atoms with van der Waals surface area (Å²) < 4.78 is 6.26. The van der Waals surface area contributed by atoms with Crippen LogP contribution >= 0.6 is 27.7 Å². The Balaban J connectivity index is 1.68. The van der Waals surface area contributed by atoms with E-state index in [4.69, 9.17) is 4.74 Å². The first-order valence-electron chi connectivity index (χ1n) is 7.55. The molecule has 0 aliphatic carbocycles. The lowest BCUT2D eigenvalue weighted by atomic mass is 10.2. The van der Waals surface area contributed by atoms with Gasteiger partial charge in [-0.15, -0.1) is 0 Å². The predicted octanol–water partition coefficient (Wildman–Crippen LogP) is 4.20. The Morgan fingerprint density at radius 3 is 2.83 bits per heavy atom. The molecule has 1 aliphatic heterocycles. The maximum absolute atomic E-state index is 12.8. The summed E-state index contributed by atoms with van der Waals surface area (Å²) in [5.41, 5.74) is 1.82. The summed E-state index contributed by atoms with van der Waals surface area (Å²) in [5.74, 6) is 1.43. The SMILES string of the molecule is COc1cccc(C(=O)N2CCN=C2SCc2ccc(Br)cc2)c1. The molecule has 0 fully saturated rings. The van der Waals surface area contributed by atoms with E-state index in [1.165, 1.54) is 5.56 Å². The largest absolute Gasteiger partial charge is 0.497 e. The first kappa shape index (κ1) is 17.0. The summed E-state index contributed by atoms with van der Waals surface area (Å²) in [4.78, 5) is 19.0. The smallest absolute Gasteiger partial charge is 0.260 e. The molecule has 2 aromatic carbocycles. The average molecular weight is 405 g/mol. The van der Waals surface area contributed by atoms with E-state index in [-0.39, 0.29) is 5.91 Å². The number of carbonyl (C=O) groups is 1. The predicted molar refractivity (Wildman–Crippen MR) is 102 cm³/mol. The molecular formula is C18H17BrN2O2S. The zero-order valence-electron chi connectivity index (χ0n) is 13.2. The molecule has 1 aliphatic rings. The number of benzene rings is 2. The fourth-order valence-corrected chi connectivity index (χ4v) is 3.64. The van der Waals surface area contributed by atoms with Crippen LogP contribution in [0.15, 0.2) is 58.0 Å². The fraction of sp³-hybridized carbons (Fsp3) is 0.222. The second kappa shape index (κ2) is 7.85. The maximum Gasteiger partial charge on any atom is 0.260 e. The molecule has 0 radical (unpaired) electrons. The molecule has 0 spiro atoms. The summed E-state index contributed by atoms with van der Waals surface area (Å²) in [5, 5.41) is 0.783. The van der Waals surface area contributed by atoms with Gasteiger partial charge >= 0.3 is 0 Å². The Kier molecular flexibility index (Phi) is 5.58. The number of methoxy groups -OCH3 is 1. The van der Waals surface area contributed by atoms with E-state index in [1.54, 1.807) is 35.9 Å². The van der Waals surface area contributed by atoms with Gasteiger partial charge in [-0.2, -0.15) is 0 Å². The number of rotatable bonds is 4. The molecule has 0 saturated carbocycles. The van der Waals surface area contributed by atoms with Gasteiger partial charge in [0.25, 0.3) is 5.91 Å². The van der Waals surface area contributed by atoms with E-state index in [9.17, 15) is 4.79 Å². The van der Waals surface area contributed by atoms with Crippen LogP contribution in [0.2, 0.25) is 0 Å². The second-order valence-corrected chi connectivity index (χ2v) is 7.13. The van der Waals surface area contributed by atoms with Gasteiger partial charge in [0.15, 0.2) is 5.17 Å². The Labute approximate surface area is 154 Å². The van der Waals surface area contributed by atoms with Crippen molar-refractivity contribution < 1.29 is 9.53 Å². The summed E-state index contributed by atoms with van der Waals surface area (Å²) in [6.45, 7) is 1.27. The van der Waals surface area contributed by atoms with Gasteiger partial charge in [0.1, 0.15) is 5.75 Å². The van der Waals surface area contributed by atoms with Crippen LogP contribution in [0.5, 0.6) is 5.75 Å². The Hall–Kier alpha value is -1.79. The highest BCUT2D eigenvalue weighted by molar-refractivity contribution is 9.10. The molecule has 24 heavy (non-hydrogen) atoms. The lowest BCUT2D eigenvalue weighted by molar-refractivity contribution is 0.0860. The van der Waals surface area contributed by atoms with Crippen molar-refractivity contribution in [1.82, 2.24) is 4.90 Å². The van der Waals surface area contributed by atoms with Gasteiger partial charge in [-0.05, 0) is 35.9 Å². The number of amides is 1. The number of aliphatic imine (C=N–C) groups is 1. The summed E-state index contributed by atoms with van der Waals surface area (Å²) >= 11 is 5.03. The van der Waals surface area contributed by atoms with Gasteiger partial charge in [0.2, 0.25) is 0 Å². The topological polar surface area (TPSA) is 41.9 Å².